The number of rotatable bonds is 2. The zero-order valence-corrected chi connectivity index (χ0v) is 28.4. The molecule has 0 fully saturated rings. The van der Waals surface area contributed by atoms with Crippen LogP contribution in [0.4, 0.5) is 5.69 Å². The summed E-state index contributed by atoms with van der Waals surface area (Å²) in [4.78, 5) is 7.13. The number of fused-ring (bicyclic) bond motifs is 12. The number of aromatic nitrogens is 1. The van der Waals surface area contributed by atoms with Gasteiger partial charge in [-0.1, -0.05) is 134 Å². The van der Waals surface area contributed by atoms with Gasteiger partial charge in [-0.25, -0.2) is 4.99 Å². The van der Waals surface area contributed by atoms with Crippen molar-refractivity contribution in [2.45, 2.75) is 19.3 Å². The van der Waals surface area contributed by atoms with Crippen molar-refractivity contribution < 1.29 is 0 Å². The third kappa shape index (κ3) is 3.93. The molecule has 1 unspecified atom stereocenters. The molecule has 10 aromatic rings. The maximum Gasteiger partial charge on any atom is 0.118 e. The van der Waals surface area contributed by atoms with Gasteiger partial charge >= 0.3 is 0 Å². The molecule has 0 radical (unpaired) electrons. The standard InChI is InChI=1S/C47H32N2S/c1-2-34-43(33-21-23-36-32(25-33)20-19-28-11-5-7-15-35(28)36)46-45(38-17-9-10-18-42(38)50-46)48-47(34)49-40-24-22-29-12-6-8-16-37(29)44(40)39-26-30-13-3-4-14-31(30)27-41(39)49/h3-27,34,43H,2H2,1H3/t34?,43-/m1/s1. The van der Waals surface area contributed by atoms with Crippen molar-refractivity contribution in [1.82, 2.24) is 4.57 Å². The third-order valence-electron chi connectivity index (χ3n) is 11.2. The number of hydrogen-bond donors (Lipinski definition) is 0. The van der Waals surface area contributed by atoms with Gasteiger partial charge in [0.1, 0.15) is 5.84 Å². The van der Waals surface area contributed by atoms with Crippen LogP contribution in [0.5, 0.6) is 0 Å². The van der Waals surface area contributed by atoms with Crippen molar-refractivity contribution in [3.8, 4) is 0 Å². The van der Waals surface area contributed by atoms with Gasteiger partial charge in [0.25, 0.3) is 0 Å². The molecule has 1 aliphatic rings. The van der Waals surface area contributed by atoms with Gasteiger partial charge in [0.15, 0.2) is 0 Å². The van der Waals surface area contributed by atoms with E-state index in [0.717, 1.165) is 17.9 Å². The van der Waals surface area contributed by atoms with Crippen LogP contribution in [0.15, 0.2) is 157 Å². The van der Waals surface area contributed by atoms with Crippen molar-refractivity contribution in [2.24, 2.45) is 10.9 Å². The molecular formula is C47H32N2S. The lowest BCUT2D eigenvalue weighted by Gasteiger charge is -2.33. The van der Waals surface area contributed by atoms with E-state index >= 15 is 0 Å². The number of hydrogen-bond acceptors (Lipinski definition) is 2. The minimum absolute atomic E-state index is 0.171. The summed E-state index contributed by atoms with van der Waals surface area (Å²) in [5, 5.41) is 14.1. The van der Waals surface area contributed by atoms with E-state index < -0.39 is 0 Å². The molecule has 0 saturated heterocycles. The lowest BCUT2D eigenvalue weighted by Crippen LogP contribution is -2.30. The number of thiophene rings is 1. The van der Waals surface area contributed by atoms with E-state index in [4.69, 9.17) is 4.99 Å². The molecule has 3 heterocycles. The Bertz CT molecular complexity index is 3050. The first-order chi connectivity index (χ1) is 24.7. The van der Waals surface area contributed by atoms with Crippen LogP contribution in [0.3, 0.4) is 0 Å². The molecule has 3 heteroatoms. The lowest BCUT2D eigenvalue weighted by molar-refractivity contribution is 0.573. The van der Waals surface area contributed by atoms with Gasteiger partial charge in [-0.3, -0.25) is 4.57 Å². The number of nitrogens with zero attached hydrogens (tertiary/aromatic N) is 2. The molecule has 50 heavy (non-hydrogen) atoms. The summed E-state index contributed by atoms with van der Waals surface area (Å²) < 4.78 is 3.82. The Hall–Kier alpha value is -5.77. The molecule has 2 nitrogen and oxygen atoms in total. The van der Waals surface area contributed by atoms with Crippen LogP contribution in [0.25, 0.3) is 75.0 Å². The molecule has 11 rings (SSSR count). The fraction of sp³-hybridized carbons (Fsp3) is 0.0851. The first-order valence-electron chi connectivity index (χ1n) is 17.6. The molecule has 8 aromatic carbocycles. The smallest absolute Gasteiger partial charge is 0.118 e. The zero-order chi connectivity index (χ0) is 32.9. The lowest BCUT2D eigenvalue weighted by atomic mass is 9.79. The van der Waals surface area contributed by atoms with Crippen molar-refractivity contribution in [1.29, 1.82) is 0 Å². The highest BCUT2D eigenvalue weighted by Gasteiger charge is 2.38. The van der Waals surface area contributed by atoms with E-state index in [0.29, 0.717) is 0 Å². The molecule has 0 saturated carbocycles. The monoisotopic (exact) mass is 656 g/mol. The second kappa shape index (κ2) is 10.6. The second-order valence-electron chi connectivity index (χ2n) is 13.8. The van der Waals surface area contributed by atoms with Crippen LogP contribution in [-0.4, -0.2) is 10.4 Å². The maximum atomic E-state index is 5.76. The average Bonchev–Trinajstić information content (AvgIpc) is 3.71. The van der Waals surface area contributed by atoms with Crippen LogP contribution in [0, 0.1) is 5.92 Å². The largest absolute Gasteiger partial charge is 0.297 e. The van der Waals surface area contributed by atoms with Crippen molar-refractivity contribution in [3.63, 3.8) is 0 Å². The van der Waals surface area contributed by atoms with E-state index in [9.17, 15) is 0 Å². The van der Waals surface area contributed by atoms with Gasteiger partial charge < -0.3 is 0 Å². The number of aliphatic imine (C=N–C) groups is 1. The predicted octanol–water partition coefficient (Wildman–Crippen LogP) is 13.4. The van der Waals surface area contributed by atoms with Crippen LogP contribution in [-0.2, 0) is 0 Å². The van der Waals surface area contributed by atoms with Gasteiger partial charge in [-0.2, -0.15) is 0 Å². The molecule has 0 amide bonds. The van der Waals surface area contributed by atoms with Gasteiger partial charge in [0.05, 0.1) is 16.7 Å². The Labute approximate surface area is 293 Å². The molecule has 0 spiro atoms. The molecule has 0 N–H and O–H groups in total. The molecule has 0 aliphatic carbocycles. The molecule has 2 atom stereocenters. The van der Waals surface area contributed by atoms with Crippen molar-refractivity contribution >= 4 is 97.8 Å². The number of benzene rings is 8. The first kappa shape index (κ1) is 28.1. The summed E-state index contributed by atoms with van der Waals surface area (Å²) in [6.07, 6.45) is 0.968. The van der Waals surface area contributed by atoms with Gasteiger partial charge in [0.2, 0.25) is 0 Å². The highest BCUT2D eigenvalue weighted by Crippen LogP contribution is 2.52. The fourth-order valence-electron chi connectivity index (χ4n) is 8.87. The summed E-state index contributed by atoms with van der Waals surface area (Å²) >= 11 is 1.92. The van der Waals surface area contributed by atoms with Gasteiger partial charge in [-0.15, -0.1) is 11.3 Å². The summed E-state index contributed by atoms with van der Waals surface area (Å²) in [5.41, 5.74) is 4.93. The highest BCUT2D eigenvalue weighted by molar-refractivity contribution is 7.20. The molecule has 0 bridgehead atoms. The zero-order valence-electron chi connectivity index (χ0n) is 27.6. The third-order valence-corrected chi connectivity index (χ3v) is 12.4. The van der Waals surface area contributed by atoms with Crippen molar-refractivity contribution in [3.05, 3.63) is 162 Å². The van der Waals surface area contributed by atoms with Crippen molar-refractivity contribution in [2.75, 3.05) is 0 Å². The summed E-state index contributed by atoms with van der Waals surface area (Å²) in [5.74, 6) is 1.48. The van der Waals surface area contributed by atoms with Crippen LogP contribution in [0.2, 0.25) is 0 Å². The average molecular weight is 657 g/mol. The molecule has 1 aliphatic heterocycles. The summed E-state index contributed by atoms with van der Waals surface area (Å²) in [6, 6.07) is 56.3. The Balaban J connectivity index is 1.24. The summed E-state index contributed by atoms with van der Waals surface area (Å²) in [7, 11) is 0. The Morgan fingerprint density at radius 1 is 0.540 bits per heavy atom. The van der Waals surface area contributed by atoms with E-state index in [2.05, 4.69) is 163 Å². The van der Waals surface area contributed by atoms with E-state index in [-0.39, 0.29) is 11.8 Å². The van der Waals surface area contributed by atoms with Crippen LogP contribution < -0.4 is 0 Å². The topological polar surface area (TPSA) is 17.3 Å². The maximum absolute atomic E-state index is 5.76. The quantitative estimate of drug-likeness (QED) is 0.165. The summed E-state index contributed by atoms with van der Waals surface area (Å²) in [6.45, 7) is 2.35. The van der Waals surface area contributed by atoms with E-state index in [1.54, 1.807) is 0 Å². The minimum Gasteiger partial charge on any atom is -0.297 e. The predicted molar refractivity (Wildman–Crippen MR) is 216 cm³/mol. The first-order valence-corrected chi connectivity index (χ1v) is 18.4. The Kier molecular flexibility index (Phi) is 5.97. The minimum atomic E-state index is 0.171. The normalized spacial score (nSPS) is 16.3. The van der Waals surface area contributed by atoms with Gasteiger partial charge in [-0.05, 0) is 79.3 Å². The Morgan fingerprint density at radius 3 is 2.00 bits per heavy atom. The van der Waals surface area contributed by atoms with Crippen LogP contribution in [0.1, 0.15) is 29.7 Å². The van der Waals surface area contributed by atoms with E-state index in [1.807, 2.05) is 11.3 Å². The highest BCUT2D eigenvalue weighted by atomic mass is 32.1. The Morgan fingerprint density at radius 2 is 1.18 bits per heavy atom. The van der Waals surface area contributed by atoms with Gasteiger partial charge in [0, 0.05) is 37.6 Å². The second-order valence-corrected chi connectivity index (χ2v) is 14.9. The molecule has 2 aromatic heterocycles. The van der Waals surface area contributed by atoms with E-state index in [1.165, 1.54) is 85.4 Å². The fourth-order valence-corrected chi connectivity index (χ4v) is 10.2. The van der Waals surface area contributed by atoms with Crippen LogP contribution >= 0.6 is 11.3 Å². The molecule has 236 valence electrons. The molecular weight excluding hydrogens is 625 g/mol. The SMILES string of the molecule is CCC1C(n2c3cc4ccccc4cc3c3c4ccccc4ccc32)=Nc2c(sc3ccccc23)[C@@H]1c1ccc2c(ccc3ccccc32)c1.